The van der Waals surface area contributed by atoms with E-state index in [9.17, 15) is 4.79 Å². The first kappa shape index (κ1) is 15.4. The molecule has 4 nitrogen and oxygen atoms in total. The molecule has 0 bridgehead atoms. The van der Waals surface area contributed by atoms with E-state index in [4.69, 9.17) is 4.74 Å². The zero-order chi connectivity index (χ0) is 13.4. The van der Waals surface area contributed by atoms with Gasteiger partial charge >= 0.3 is 5.97 Å². The molecular formula is C14H28N2O2. The average Bonchev–Trinajstić information content (AvgIpc) is 2.88. The summed E-state index contributed by atoms with van der Waals surface area (Å²) in [7, 11) is 0. The molecule has 1 aliphatic heterocycles. The van der Waals surface area contributed by atoms with Crippen LogP contribution < -0.4 is 5.32 Å². The molecule has 1 heterocycles. The molecule has 0 spiro atoms. The van der Waals surface area contributed by atoms with Crippen molar-refractivity contribution in [1.29, 1.82) is 0 Å². The van der Waals surface area contributed by atoms with E-state index in [1.54, 1.807) is 0 Å². The van der Waals surface area contributed by atoms with Crippen molar-refractivity contribution < 1.29 is 9.53 Å². The molecule has 0 saturated carbocycles. The third kappa shape index (κ3) is 4.94. The minimum absolute atomic E-state index is 0.104. The molecule has 1 saturated heterocycles. The van der Waals surface area contributed by atoms with Crippen molar-refractivity contribution in [2.24, 2.45) is 0 Å². The van der Waals surface area contributed by atoms with E-state index in [-0.39, 0.29) is 12.0 Å². The van der Waals surface area contributed by atoms with E-state index in [0.717, 1.165) is 19.4 Å². The van der Waals surface area contributed by atoms with Gasteiger partial charge in [-0.25, -0.2) is 0 Å². The van der Waals surface area contributed by atoms with Crippen LogP contribution in [0.5, 0.6) is 0 Å². The highest BCUT2D eigenvalue weighted by Gasteiger charge is 2.22. The number of hydrogen-bond donors (Lipinski definition) is 1. The molecule has 2 atom stereocenters. The second-order valence-electron chi connectivity index (χ2n) is 5.09. The summed E-state index contributed by atoms with van der Waals surface area (Å²) in [5.41, 5.74) is 0. The lowest BCUT2D eigenvalue weighted by Crippen LogP contribution is -2.45. The Kier molecular flexibility index (Phi) is 7.28. The van der Waals surface area contributed by atoms with Gasteiger partial charge in [-0.15, -0.1) is 0 Å². The Labute approximate surface area is 111 Å². The van der Waals surface area contributed by atoms with Crippen molar-refractivity contribution in [1.82, 2.24) is 10.2 Å². The van der Waals surface area contributed by atoms with Crippen LogP contribution in [0.15, 0.2) is 0 Å². The largest absolute Gasteiger partial charge is 0.465 e. The monoisotopic (exact) mass is 256 g/mol. The van der Waals surface area contributed by atoms with Gasteiger partial charge in [0.25, 0.3) is 0 Å². The number of ether oxygens (including phenoxy) is 1. The van der Waals surface area contributed by atoms with Crippen LogP contribution in [-0.4, -0.2) is 49.2 Å². The molecule has 4 heteroatoms. The van der Waals surface area contributed by atoms with E-state index in [2.05, 4.69) is 24.1 Å². The predicted octanol–water partition coefficient (Wildman–Crippen LogP) is 1.79. The lowest BCUT2D eigenvalue weighted by atomic mass is 10.1. The summed E-state index contributed by atoms with van der Waals surface area (Å²) in [6.07, 6.45) is 4.46. The fourth-order valence-electron chi connectivity index (χ4n) is 2.46. The molecule has 1 fully saturated rings. The normalized spacial score (nSPS) is 19.7. The quantitative estimate of drug-likeness (QED) is 0.672. The smallest absolute Gasteiger partial charge is 0.323 e. The molecular weight excluding hydrogens is 228 g/mol. The van der Waals surface area contributed by atoms with Crippen LogP contribution in [0.2, 0.25) is 0 Å². The van der Waals surface area contributed by atoms with Crippen LogP contribution in [0, 0.1) is 0 Å². The highest BCUT2D eigenvalue weighted by Crippen LogP contribution is 2.11. The van der Waals surface area contributed by atoms with Gasteiger partial charge in [0.2, 0.25) is 0 Å². The maximum Gasteiger partial charge on any atom is 0.323 e. The zero-order valence-electron chi connectivity index (χ0n) is 12.1. The van der Waals surface area contributed by atoms with Crippen LogP contribution in [0.25, 0.3) is 0 Å². The van der Waals surface area contributed by atoms with Crippen molar-refractivity contribution in [3.63, 3.8) is 0 Å². The van der Waals surface area contributed by atoms with Crippen LogP contribution >= 0.6 is 0 Å². The fraction of sp³-hybridized carbons (Fsp3) is 0.929. The minimum Gasteiger partial charge on any atom is -0.465 e. The summed E-state index contributed by atoms with van der Waals surface area (Å²) in [6.45, 7) is 9.89. The molecule has 1 aliphatic rings. The summed E-state index contributed by atoms with van der Waals surface area (Å²) in [5, 5.41) is 3.37. The van der Waals surface area contributed by atoms with Crippen LogP contribution in [-0.2, 0) is 9.53 Å². The summed E-state index contributed by atoms with van der Waals surface area (Å²) < 4.78 is 5.10. The van der Waals surface area contributed by atoms with Gasteiger partial charge in [-0.2, -0.15) is 0 Å². The second kappa shape index (κ2) is 8.48. The molecule has 2 unspecified atom stereocenters. The summed E-state index contributed by atoms with van der Waals surface area (Å²) in [4.78, 5) is 14.3. The second-order valence-corrected chi connectivity index (χ2v) is 5.09. The number of esters is 1. The molecule has 0 aliphatic carbocycles. The fourth-order valence-corrected chi connectivity index (χ4v) is 2.46. The molecule has 1 rings (SSSR count). The van der Waals surface area contributed by atoms with Gasteiger partial charge in [0.05, 0.1) is 6.61 Å². The molecule has 18 heavy (non-hydrogen) atoms. The Morgan fingerprint density at radius 1 is 1.33 bits per heavy atom. The maximum atomic E-state index is 11.8. The molecule has 0 aromatic rings. The molecule has 0 aromatic heterocycles. The standard InChI is InChI=1S/C14H28N2O2/c1-4-8-13(14(17)18-5-2)15-11-12(3)16-9-6-7-10-16/h12-13,15H,4-11H2,1-3H3. The van der Waals surface area contributed by atoms with Crippen molar-refractivity contribution >= 4 is 5.97 Å². The molecule has 0 radical (unpaired) electrons. The zero-order valence-corrected chi connectivity index (χ0v) is 12.1. The third-order valence-corrected chi connectivity index (χ3v) is 3.57. The van der Waals surface area contributed by atoms with E-state index in [1.807, 2.05) is 6.92 Å². The van der Waals surface area contributed by atoms with Gasteiger partial charge < -0.3 is 10.1 Å². The van der Waals surface area contributed by atoms with Crippen molar-refractivity contribution in [2.45, 2.75) is 58.5 Å². The highest BCUT2D eigenvalue weighted by molar-refractivity contribution is 5.75. The van der Waals surface area contributed by atoms with E-state index in [0.29, 0.717) is 12.6 Å². The number of rotatable bonds is 8. The number of likely N-dealkylation sites (tertiary alicyclic amines) is 1. The summed E-state index contributed by atoms with van der Waals surface area (Å²) >= 11 is 0. The highest BCUT2D eigenvalue weighted by atomic mass is 16.5. The number of nitrogens with zero attached hydrogens (tertiary/aromatic N) is 1. The Hall–Kier alpha value is -0.610. The molecule has 0 amide bonds. The predicted molar refractivity (Wildman–Crippen MR) is 73.6 cm³/mol. The van der Waals surface area contributed by atoms with Gasteiger partial charge in [0.1, 0.15) is 6.04 Å². The minimum atomic E-state index is -0.139. The van der Waals surface area contributed by atoms with Gasteiger partial charge in [0.15, 0.2) is 0 Å². The topological polar surface area (TPSA) is 41.6 Å². The maximum absolute atomic E-state index is 11.8. The average molecular weight is 256 g/mol. The Morgan fingerprint density at radius 3 is 2.56 bits per heavy atom. The van der Waals surface area contributed by atoms with Gasteiger partial charge in [-0.3, -0.25) is 9.69 Å². The van der Waals surface area contributed by atoms with Gasteiger partial charge in [-0.05, 0) is 46.2 Å². The van der Waals surface area contributed by atoms with Crippen molar-refractivity contribution in [3.05, 3.63) is 0 Å². The number of carbonyl (C=O) groups is 1. The molecule has 0 aromatic carbocycles. The summed E-state index contributed by atoms with van der Waals surface area (Å²) in [6, 6.07) is 0.362. The first-order valence-corrected chi connectivity index (χ1v) is 7.33. The Bertz CT molecular complexity index is 240. The first-order valence-electron chi connectivity index (χ1n) is 7.33. The third-order valence-electron chi connectivity index (χ3n) is 3.57. The number of carbonyl (C=O) groups excluding carboxylic acids is 1. The lowest BCUT2D eigenvalue weighted by Gasteiger charge is -2.26. The van der Waals surface area contributed by atoms with Crippen molar-refractivity contribution in [2.75, 3.05) is 26.2 Å². The first-order chi connectivity index (χ1) is 8.69. The Balaban J connectivity index is 2.33. The van der Waals surface area contributed by atoms with Crippen LogP contribution in [0.1, 0.15) is 46.5 Å². The van der Waals surface area contributed by atoms with Crippen molar-refractivity contribution in [3.8, 4) is 0 Å². The van der Waals surface area contributed by atoms with Crippen LogP contribution in [0.4, 0.5) is 0 Å². The number of hydrogen-bond acceptors (Lipinski definition) is 4. The van der Waals surface area contributed by atoms with E-state index in [1.165, 1.54) is 25.9 Å². The lowest BCUT2D eigenvalue weighted by molar-refractivity contribution is -0.145. The van der Waals surface area contributed by atoms with Gasteiger partial charge in [-0.1, -0.05) is 13.3 Å². The molecule has 1 N–H and O–H groups in total. The van der Waals surface area contributed by atoms with Crippen LogP contribution in [0.3, 0.4) is 0 Å². The van der Waals surface area contributed by atoms with Gasteiger partial charge in [0, 0.05) is 12.6 Å². The van der Waals surface area contributed by atoms with E-state index < -0.39 is 0 Å². The SMILES string of the molecule is CCCC(NCC(C)N1CCCC1)C(=O)OCC. The summed E-state index contributed by atoms with van der Waals surface area (Å²) in [5.74, 6) is -0.104. The Morgan fingerprint density at radius 2 is 2.00 bits per heavy atom. The van der Waals surface area contributed by atoms with E-state index >= 15 is 0 Å². The number of nitrogens with one attached hydrogen (secondary N) is 1. The molecule has 106 valence electrons.